The summed E-state index contributed by atoms with van der Waals surface area (Å²) in [6.45, 7) is 3.75. The van der Waals surface area contributed by atoms with E-state index in [1.165, 1.54) is 9.13 Å². The highest BCUT2D eigenvalue weighted by molar-refractivity contribution is 6.30. The summed E-state index contributed by atoms with van der Waals surface area (Å²) in [6, 6.07) is 17.1. The molecule has 4 aromatic rings. The van der Waals surface area contributed by atoms with Gasteiger partial charge in [0.1, 0.15) is 0 Å². The fraction of sp³-hybridized carbons (Fsp3) is 0.261. The van der Waals surface area contributed by atoms with Crippen LogP contribution in [0.4, 0.5) is 11.6 Å². The summed E-state index contributed by atoms with van der Waals surface area (Å²) in [7, 11) is 1.66. The standard InChI is InChI=1S/C23H22ClN5O2/c1-15-12-27(18-10-6-9-17(24)11-18)22-25-20-19(28(22)13-15)21(30)29(23(31)26(20)2)14-16-7-4-3-5-8-16/h3-11,15H,12-14H2,1-2H3. The van der Waals surface area contributed by atoms with Gasteiger partial charge in [-0.1, -0.05) is 54.9 Å². The summed E-state index contributed by atoms with van der Waals surface area (Å²) < 4.78 is 4.69. The van der Waals surface area contributed by atoms with Gasteiger partial charge in [0.2, 0.25) is 5.95 Å². The van der Waals surface area contributed by atoms with Gasteiger partial charge in [0.25, 0.3) is 5.56 Å². The van der Waals surface area contributed by atoms with Gasteiger partial charge in [-0.3, -0.25) is 13.9 Å². The highest BCUT2D eigenvalue weighted by atomic mass is 35.5. The number of nitrogens with zero attached hydrogens (tertiary/aromatic N) is 5. The van der Waals surface area contributed by atoms with E-state index in [0.717, 1.165) is 17.8 Å². The zero-order valence-electron chi connectivity index (χ0n) is 17.3. The van der Waals surface area contributed by atoms with Crippen LogP contribution in [0.25, 0.3) is 11.2 Å². The summed E-state index contributed by atoms with van der Waals surface area (Å²) in [5.74, 6) is 0.933. The van der Waals surface area contributed by atoms with E-state index < -0.39 is 0 Å². The molecule has 1 atom stereocenters. The Bertz CT molecular complexity index is 1400. The van der Waals surface area contributed by atoms with E-state index in [-0.39, 0.29) is 23.7 Å². The van der Waals surface area contributed by atoms with Crippen molar-refractivity contribution in [3.8, 4) is 0 Å². The molecule has 2 aromatic carbocycles. The molecule has 0 spiro atoms. The third-order valence-corrected chi connectivity index (χ3v) is 5.98. The van der Waals surface area contributed by atoms with E-state index >= 15 is 0 Å². The normalized spacial score (nSPS) is 16.0. The van der Waals surface area contributed by atoms with Crippen molar-refractivity contribution < 1.29 is 0 Å². The molecule has 0 N–H and O–H groups in total. The maximum absolute atomic E-state index is 13.5. The monoisotopic (exact) mass is 435 g/mol. The second-order valence-corrected chi connectivity index (χ2v) is 8.55. The zero-order valence-corrected chi connectivity index (χ0v) is 18.1. The van der Waals surface area contributed by atoms with Gasteiger partial charge in [-0.2, -0.15) is 4.98 Å². The van der Waals surface area contributed by atoms with Crippen LogP contribution in [-0.4, -0.2) is 25.2 Å². The minimum absolute atomic E-state index is 0.219. The highest BCUT2D eigenvalue weighted by Crippen LogP contribution is 2.33. The topological polar surface area (TPSA) is 65.1 Å². The van der Waals surface area contributed by atoms with Gasteiger partial charge in [-0.05, 0) is 29.7 Å². The zero-order chi connectivity index (χ0) is 21.7. The summed E-state index contributed by atoms with van der Waals surface area (Å²) in [6.07, 6.45) is 0. The Morgan fingerprint density at radius 1 is 1.06 bits per heavy atom. The molecular weight excluding hydrogens is 414 g/mol. The van der Waals surface area contributed by atoms with Crippen LogP contribution in [0, 0.1) is 5.92 Å². The molecule has 0 fully saturated rings. The van der Waals surface area contributed by atoms with Crippen LogP contribution in [0.1, 0.15) is 12.5 Å². The minimum Gasteiger partial charge on any atom is -0.312 e. The molecule has 0 saturated carbocycles. The first kappa shape index (κ1) is 19.6. The number of halogens is 1. The Balaban J connectivity index is 1.74. The molecule has 0 radical (unpaired) electrons. The molecule has 0 saturated heterocycles. The predicted molar refractivity (Wildman–Crippen MR) is 122 cm³/mol. The minimum atomic E-state index is -0.376. The van der Waals surface area contributed by atoms with Crippen LogP contribution < -0.4 is 16.1 Å². The van der Waals surface area contributed by atoms with Crippen molar-refractivity contribution >= 4 is 34.4 Å². The Labute approximate surface area is 183 Å². The first-order chi connectivity index (χ1) is 14.9. The molecule has 2 aromatic heterocycles. The first-order valence-corrected chi connectivity index (χ1v) is 10.6. The summed E-state index contributed by atoms with van der Waals surface area (Å²) in [4.78, 5) is 33.3. The Kier molecular flexibility index (Phi) is 4.70. The number of benzene rings is 2. The molecule has 7 nitrogen and oxygen atoms in total. The molecule has 8 heteroatoms. The molecule has 0 bridgehead atoms. The molecule has 1 aliphatic heterocycles. The quantitative estimate of drug-likeness (QED) is 0.495. The lowest BCUT2D eigenvalue weighted by Crippen LogP contribution is -2.40. The van der Waals surface area contributed by atoms with Crippen LogP contribution in [0.2, 0.25) is 5.02 Å². The third kappa shape index (κ3) is 3.25. The SMILES string of the molecule is CC1CN(c2cccc(Cl)c2)c2nc3c(c(=O)n(Cc4ccccc4)c(=O)n3C)n2C1. The van der Waals surface area contributed by atoms with Crippen molar-refractivity contribution in [3.63, 3.8) is 0 Å². The lowest BCUT2D eigenvalue weighted by Gasteiger charge is -2.33. The molecule has 0 amide bonds. The van der Waals surface area contributed by atoms with Crippen molar-refractivity contribution in [2.24, 2.45) is 13.0 Å². The maximum atomic E-state index is 13.5. The molecular formula is C23H22ClN5O2. The second kappa shape index (κ2) is 7.42. The van der Waals surface area contributed by atoms with Crippen LogP contribution in [0.15, 0.2) is 64.2 Å². The van der Waals surface area contributed by atoms with Crippen molar-refractivity contribution in [1.29, 1.82) is 0 Å². The molecule has 158 valence electrons. The van der Waals surface area contributed by atoms with Crippen molar-refractivity contribution in [1.82, 2.24) is 18.7 Å². The first-order valence-electron chi connectivity index (χ1n) is 10.2. The van der Waals surface area contributed by atoms with Crippen LogP contribution >= 0.6 is 11.6 Å². The van der Waals surface area contributed by atoms with Crippen molar-refractivity contribution in [2.75, 3.05) is 11.4 Å². The highest BCUT2D eigenvalue weighted by Gasteiger charge is 2.29. The molecule has 31 heavy (non-hydrogen) atoms. The van der Waals surface area contributed by atoms with E-state index in [1.54, 1.807) is 7.05 Å². The molecule has 0 aliphatic carbocycles. The number of anilines is 2. The Hall–Kier alpha value is -3.32. The number of aromatic nitrogens is 4. The number of fused-ring (bicyclic) bond motifs is 3. The lowest BCUT2D eigenvalue weighted by molar-refractivity contribution is 0.458. The summed E-state index contributed by atoms with van der Waals surface area (Å²) in [5.41, 5.74) is 1.96. The smallest absolute Gasteiger partial charge is 0.312 e. The second-order valence-electron chi connectivity index (χ2n) is 8.11. The van der Waals surface area contributed by atoms with E-state index in [0.29, 0.717) is 28.7 Å². The van der Waals surface area contributed by atoms with Crippen molar-refractivity contribution in [3.05, 3.63) is 86.0 Å². The van der Waals surface area contributed by atoms with Gasteiger partial charge in [0.05, 0.1) is 6.54 Å². The van der Waals surface area contributed by atoms with Gasteiger partial charge in [-0.15, -0.1) is 0 Å². The molecule has 3 heterocycles. The predicted octanol–water partition coefficient (Wildman–Crippen LogP) is 3.39. The van der Waals surface area contributed by atoms with Gasteiger partial charge < -0.3 is 9.47 Å². The van der Waals surface area contributed by atoms with Crippen LogP contribution in [0.5, 0.6) is 0 Å². The number of rotatable bonds is 3. The number of aryl methyl sites for hydroxylation is 1. The van der Waals surface area contributed by atoms with Crippen LogP contribution in [-0.2, 0) is 20.1 Å². The number of imidazole rings is 1. The number of hydrogen-bond acceptors (Lipinski definition) is 4. The molecule has 5 rings (SSSR count). The maximum Gasteiger partial charge on any atom is 0.332 e. The molecule has 1 unspecified atom stereocenters. The summed E-state index contributed by atoms with van der Waals surface area (Å²) in [5, 5.41) is 0.635. The van der Waals surface area contributed by atoms with Crippen LogP contribution in [0.3, 0.4) is 0 Å². The van der Waals surface area contributed by atoms with E-state index in [4.69, 9.17) is 16.6 Å². The van der Waals surface area contributed by atoms with Gasteiger partial charge in [-0.25, -0.2) is 4.79 Å². The van der Waals surface area contributed by atoms with Gasteiger partial charge in [0, 0.05) is 30.8 Å². The average molecular weight is 436 g/mol. The molecule has 1 aliphatic rings. The summed E-state index contributed by atoms with van der Waals surface area (Å²) >= 11 is 6.22. The van der Waals surface area contributed by atoms with E-state index in [9.17, 15) is 9.59 Å². The van der Waals surface area contributed by atoms with E-state index in [2.05, 4.69) is 11.8 Å². The van der Waals surface area contributed by atoms with Gasteiger partial charge in [0.15, 0.2) is 11.2 Å². The van der Waals surface area contributed by atoms with Crippen molar-refractivity contribution in [2.45, 2.75) is 20.0 Å². The van der Waals surface area contributed by atoms with E-state index in [1.807, 2.05) is 59.2 Å². The fourth-order valence-corrected chi connectivity index (χ4v) is 4.46. The lowest BCUT2D eigenvalue weighted by atomic mass is 10.1. The fourth-order valence-electron chi connectivity index (χ4n) is 4.27. The Morgan fingerprint density at radius 2 is 1.84 bits per heavy atom. The Morgan fingerprint density at radius 3 is 2.58 bits per heavy atom. The third-order valence-electron chi connectivity index (χ3n) is 5.75. The largest absolute Gasteiger partial charge is 0.332 e. The van der Waals surface area contributed by atoms with Gasteiger partial charge >= 0.3 is 5.69 Å². The number of hydrogen-bond donors (Lipinski definition) is 0. The average Bonchev–Trinajstić information content (AvgIpc) is 3.15.